The molecule has 0 unspecified atom stereocenters. The molecule has 1 saturated carbocycles. The van der Waals surface area contributed by atoms with E-state index in [9.17, 15) is 4.39 Å². The third-order valence-corrected chi connectivity index (χ3v) is 5.46. The third kappa shape index (κ3) is 3.70. The Hall–Kier alpha value is -1.52. The van der Waals surface area contributed by atoms with Crippen molar-refractivity contribution >= 4 is 11.8 Å². The number of ether oxygens (including phenoxy) is 2. The van der Waals surface area contributed by atoms with Crippen LogP contribution in [0, 0.1) is 0 Å². The molecule has 0 saturated heterocycles. The summed E-state index contributed by atoms with van der Waals surface area (Å²) in [7, 11) is 3.31. The molecule has 122 valence electrons. The van der Waals surface area contributed by atoms with E-state index >= 15 is 0 Å². The molecule has 1 aliphatic carbocycles. The van der Waals surface area contributed by atoms with E-state index in [-0.39, 0.29) is 6.10 Å². The first kappa shape index (κ1) is 16.3. The summed E-state index contributed by atoms with van der Waals surface area (Å²) in [6.07, 6.45) is 0.980. The first-order valence-corrected chi connectivity index (χ1v) is 8.69. The number of rotatable bonds is 6. The maximum Gasteiger partial charge on any atom is 0.140 e. The van der Waals surface area contributed by atoms with Gasteiger partial charge in [0.15, 0.2) is 0 Å². The van der Waals surface area contributed by atoms with Crippen LogP contribution in [0.2, 0.25) is 0 Å². The summed E-state index contributed by atoms with van der Waals surface area (Å²) in [5, 5.41) is 0. The fourth-order valence-electron chi connectivity index (χ4n) is 2.80. The lowest BCUT2D eigenvalue weighted by Gasteiger charge is -2.40. The number of hydrogen-bond donors (Lipinski definition) is 0. The summed E-state index contributed by atoms with van der Waals surface area (Å²) in [6.45, 7) is 0. The maximum absolute atomic E-state index is 14.6. The maximum atomic E-state index is 14.6. The van der Waals surface area contributed by atoms with Gasteiger partial charge < -0.3 is 9.47 Å². The van der Waals surface area contributed by atoms with Crippen LogP contribution < -0.4 is 4.74 Å². The Morgan fingerprint density at radius 3 is 2.26 bits per heavy atom. The molecule has 1 aliphatic rings. The average Bonchev–Trinajstić information content (AvgIpc) is 2.58. The normalized spacial score (nSPS) is 23.3. The van der Waals surface area contributed by atoms with Gasteiger partial charge in [0, 0.05) is 30.6 Å². The summed E-state index contributed by atoms with van der Waals surface area (Å²) in [5.41, 5.74) is 0.795. The predicted octanol–water partition coefficient (Wildman–Crippen LogP) is 4.96. The van der Waals surface area contributed by atoms with E-state index in [1.165, 1.54) is 5.56 Å². The van der Waals surface area contributed by atoms with Crippen LogP contribution in [-0.4, -0.2) is 20.3 Å². The van der Waals surface area contributed by atoms with Crippen molar-refractivity contribution in [2.75, 3.05) is 14.2 Å². The molecule has 0 aliphatic heterocycles. The van der Waals surface area contributed by atoms with Crippen LogP contribution in [0.25, 0.3) is 0 Å². The highest BCUT2D eigenvalue weighted by Gasteiger charge is 2.46. The Balaban J connectivity index is 1.57. The Bertz CT molecular complexity index is 633. The lowest BCUT2D eigenvalue weighted by molar-refractivity contribution is -0.0822. The summed E-state index contributed by atoms with van der Waals surface area (Å²) >= 11 is 1.75. The average molecular weight is 332 g/mol. The molecule has 0 heterocycles. The molecule has 2 aromatic carbocycles. The fraction of sp³-hybridized carbons (Fsp3) is 0.368. The predicted molar refractivity (Wildman–Crippen MR) is 91.8 cm³/mol. The van der Waals surface area contributed by atoms with Crippen molar-refractivity contribution in [3.8, 4) is 5.75 Å². The van der Waals surface area contributed by atoms with Crippen LogP contribution in [-0.2, 0) is 16.2 Å². The van der Waals surface area contributed by atoms with E-state index in [0.717, 1.165) is 22.0 Å². The number of alkyl halides is 1. The molecule has 2 nitrogen and oxygen atoms in total. The molecule has 0 radical (unpaired) electrons. The van der Waals surface area contributed by atoms with Crippen LogP contribution in [0.5, 0.6) is 5.75 Å². The van der Waals surface area contributed by atoms with E-state index in [2.05, 4.69) is 12.1 Å². The van der Waals surface area contributed by atoms with Crippen LogP contribution >= 0.6 is 11.8 Å². The smallest absolute Gasteiger partial charge is 0.140 e. The Morgan fingerprint density at radius 2 is 1.70 bits per heavy atom. The highest BCUT2D eigenvalue weighted by molar-refractivity contribution is 7.98. The zero-order chi connectivity index (χ0) is 16.3. The number of halogens is 1. The summed E-state index contributed by atoms with van der Waals surface area (Å²) < 4.78 is 25.0. The van der Waals surface area contributed by atoms with E-state index in [4.69, 9.17) is 9.47 Å². The molecular formula is C19H21FO2S. The SMILES string of the molecule is COc1ccc(CSc2ccc(C3(F)CC(OC)C3)cc2)cc1. The molecule has 23 heavy (non-hydrogen) atoms. The summed E-state index contributed by atoms with van der Waals surface area (Å²) in [5.74, 6) is 1.75. The molecular weight excluding hydrogens is 311 g/mol. The van der Waals surface area contributed by atoms with Crippen LogP contribution in [0.15, 0.2) is 53.4 Å². The molecule has 4 heteroatoms. The Labute approximate surface area is 141 Å². The van der Waals surface area contributed by atoms with Gasteiger partial charge in [-0.3, -0.25) is 0 Å². The largest absolute Gasteiger partial charge is 0.497 e. The Kier molecular flexibility index (Phi) is 4.93. The van der Waals surface area contributed by atoms with Crippen molar-refractivity contribution in [3.63, 3.8) is 0 Å². The number of thioether (sulfide) groups is 1. The second kappa shape index (κ2) is 6.93. The fourth-order valence-corrected chi connectivity index (χ4v) is 3.66. The number of hydrogen-bond acceptors (Lipinski definition) is 3. The summed E-state index contributed by atoms with van der Waals surface area (Å²) in [4.78, 5) is 1.15. The zero-order valence-corrected chi connectivity index (χ0v) is 14.2. The van der Waals surface area contributed by atoms with Gasteiger partial charge in [0.2, 0.25) is 0 Å². The second-order valence-corrected chi connectivity index (χ2v) is 6.94. The van der Waals surface area contributed by atoms with Crippen molar-refractivity contribution in [3.05, 3.63) is 59.7 Å². The molecule has 0 aromatic heterocycles. The minimum atomic E-state index is -1.21. The Morgan fingerprint density at radius 1 is 1.04 bits per heavy atom. The van der Waals surface area contributed by atoms with Gasteiger partial charge in [-0.1, -0.05) is 24.3 Å². The monoisotopic (exact) mass is 332 g/mol. The topological polar surface area (TPSA) is 18.5 Å². The lowest BCUT2D eigenvalue weighted by atomic mass is 9.74. The van der Waals surface area contributed by atoms with Crippen LogP contribution in [0.4, 0.5) is 4.39 Å². The van der Waals surface area contributed by atoms with Crippen molar-refractivity contribution in [2.24, 2.45) is 0 Å². The van der Waals surface area contributed by atoms with Crippen LogP contribution in [0.1, 0.15) is 24.0 Å². The summed E-state index contributed by atoms with van der Waals surface area (Å²) in [6, 6.07) is 15.9. The van der Waals surface area contributed by atoms with Crippen molar-refractivity contribution in [1.29, 1.82) is 0 Å². The molecule has 0 spiro atoms. The quantitative estimate of drug-likeness (QED) is 0.697. The molecule has 0 N–H and O–H groups in total. The molecule has 0 atom stereocenters. The molecule has 2 aromatic rings. The van der Waals surface area contributed by atoms with Gasteiger partial charge in [0.05, 0.1) is 13.2 Å². The molecule has 1 fully saturated rings. The number of methoxy groups -OCH3 is 2. The minimum Gasteiger partial charge on any atom is -0.497 e. The van der Waals surface area contributed by atoms with Crippen molar-refractivity contribution < 1.29 is 13.9 Å². The van der Waals surface area contributed by atoms with Gasteiger partial charge >= 0.3 is 0 Å². The van der Waals surface area contributed by atoms with E-state index in [1.807, 2.05) is 36.4 Å². The van der Waals surface area contributed by atoms with E-state index in [0.29, 0.717) is 12.8 Å². The highest BCUT2D eigenvalue weighted by Crippen LogP contribution is 2.46. The lowest BCUT2D eigenvalue weighted by Crippen LogP contribution is -2.42. The first-order chi connectivity index (χ1) is 11.1. The second-order valence-electron chi connectivity index (χ2n) is 5.89. The van der Waals surface area contributed by atoms with Gasteiger partial charge in [-0.15, -0.1) is 11.8 Å². The van der Waals surface area contributed by atoms with Gasteiger partial charge in [-0.25, -0.2) is 4.39 Å². The highest BCUT2D eigenvalue weighted by atomic mass is 32.2. The third-order valence-electron chi connectivity index (χ3n) is 4.37. The van der Waals surface area contributed by atoms with Gasteiger partial charge in [0.1, 0.15) is 11.4 Å². The van der Waals surface area contributed by atoms with Gasteiger partial charge in [-0.05, 0) is 35.4 Å². The first-order valence-electron chi connectivity index (χ1n) is 7.71. The van der Waals surface area contributed by atoms with Crippen LogP contribution in [0.3, 0.4) is 0 Å². The molecule has 0 bridgehead atoms. The van der Waals surface area contributed by atoms with Crippen molar-refractivity contribution in [2.45, 2.75) is 35.3 Å². The van der Waals surface area contributed by atoms with Gasteiger partial charge in [-0.2, -0.15) is 0 Å². The van der Waals surface area contributed by atoms with E-state index < -0.39 is 5.67 Å². The zero-order valence-electron chi connectivity index (χ0n) is 13.4. The van der Waals surface area contributed by atoms with Crippen molar-refractivity contribution in [1.82, 2.24) is 0 Å². The van der Waals surface area contributed by atoms with E-state index in [1.54, 1.807) is 26.0 Å². The van der Waals surface area contributed by atoms with Gasteiger partial charge in [0.25, 0.3) is 0 Å². The standard InChI is InChI=1S/C19H21FO2S/c1-21-16-7-3-14(4-8-16)13-23-18-9-5-15(6-10-18)19(20)11-17(12-19)22-2/h3-10,17H,11-13H2,1-2H3. The molecule has 0 amide bonds. The molecule has 3 rings (SSSR count). The minimum absolute atomic E-state index is 0.0594. The number of benzene rings is 2.